The second kappa shape index (κ2) is 8.34. The maximum absolute atomic E-state index is 9.57. The van der Waals surface area contributed by atoms with Crippen molar-refractivity contribution in [2.45, 2.75) is 18.3 Å². The molecule has 5 N–H and O–H groups in total. The number of rotatable bonds is 7. The van der Waals surface area contributed by atoms with Gasteiger partial charge in [0.25, 0.3) is 0 Å². The molecule has 23 heavy (non-hydrogen) atoms. The molecule has 0 aliphatic carbocycles. The minimum Gasteiger partial charge on any atom is -0.394 e. The van der Waals surface area contributed by atoms with Gasteiger partial charge in [-0.15, -0.1) is 11.3 Å². The molecular formula is C14H16ClN3O4S. The molecule has 124 valence electrons. The number of hydrogen-bond donors (Lipinski definition) is 5. The Morgan fingerprint density at radius 1 is 1.26 bits per heavy atom. The second-order valence-electron chi connectivity index (χ2n) is 4.67. The van der Waals surface area contributed by atoms with Crippen LogP contribution >= 0.6 is 22.9 Å². The number of hydrogen-bond acceptors (Lipinski definition) is 8. The van der Waals surface area contributed by atoms with Gasteiger partial charge < -0.3 is 20.4 Å². The molecule has 7 nitrogen and oxygen atoms in total. The molecular weight excluding hydrogens is 342 g/mol. The molecule has 1 heterocycles. The second-order valence-corrected chi connectivity index (χ2v) is 5.96. The first-order chi connectivity index (χ1) is 11.0. The van der Waals surface area contributed by atoms with Gasteiger partial charge in [0.2, 0.25) is 5.13 Å². The van der Waals surface area contributed by atoms with E-state index >= 15 is 0 Å². The number of aliphatic hydroxyl groups is 4. The largest absolute Gasteiger partial charge is 0.394 e. The third kappa shape index (κ3) is 4.96. The fraction of sp³-hybridized carbons (Fsp3) is 0.286. The molecule has 0 aliphatic rings. The van der Waals surface area contributed by atoms with Crippen molar-refractivity contribution in [1.82, 2.24) is 4.98 Å². The van der Waals surface area contributed by atoms with Gasteiger partial charge in [-0.05, 0) is 12.1 Å². The fourth-order valence-electron chi connectivity index (χ4n) is 1.67. The lowest BCUT2D eigenvalue weighted by Crippen LogP contribution is -2.40. The molecule has 0 saturated carbocycles. The fourth-order valence-corrected chi connectivity index (χ4v) is 2.47. The lowest BCUT2D eigenvalue weighted by molar-refractivity contribution is -0.0541. The Bertz CT molecular complexity index is 650. The maximum Gasteiger partial charge on any atom is 0.203 e. The summed E-state index contributed by atoms with van der Waals surface area (Å²) in [5.74, 6) is 0. The summed E-state index contributed by atoms with van der Waals surface area (Å²) in [7, 11) is 0. The van der Waals surface area contributed by atoms with Crippen molar-refractivity contribution < 1.29 is 20.4 Å². The molecule has 3 atom stereocenters. The van der Waals surface area contributed by atoms with Crippen molar-refractivity contribution in [3.05, 3.63) is 34.7 Å². The Hall–Kier alpha value is -1.55. The highest BCUT2D eigenvalue weighted by atomic mass is 35.5. The van der Waals surface area contributed by atoms with E-state index in [0.717, 1.165) is 17.5 Å². The van der Waals surface area contributed by atoms with Crippen LogP contribution in [0.3, 0.4) is 0 Å². The minimum absolute atomic E-state index is 0.496. The Morgan fingerprint density at radius 2 is 1.96 bits per heavy atom. The van der Waals surface area contributed by atoms with Gasteiger partial charge >= 0.3 is 0 Å². The summed E-state index contributed by atoms with van der Waals surface area (Å²) < 4.78 is 0. The predicted molar refractivity (Wildman–Crippen MR) is 89.8 cm³/mol. The third-order valence-corrected chi connectivity index (χ3v) is 3.96. The van der Waals surface area contributed by atoms with Gasteiger partial charge in [-0.3, -0.25) is 5.43 Å². The summed E-state index contributed by atoms with van der Waals surface area (Å²) in [4.78, 5) is 4.32. The predicted octanol–water partition coefficient (Wildman–Crippen LogP) is 0.936. The molecule has 9 heteroatoms. The zero-order valence-corrected chi connectivity index (χ0v) is 13.4. The van der Waals surface area contributed by atoms with Gasteiger partial charge in [0, 0.05) is 16.0 Å². The van der Waals surface area contributed by atoms with E-state index in [1.165, 1.54) is 11.3 Å². The van der Waals surface area contributed by atoms with Crippen LogP contribution in [0.25, 0.3) is 11.3 Å². The number of aliphatic hydroxyl groups excluding tert-OH is 4. The van der Waals surface area contributed by atoms with E-state index in [9.17, 15) is 15.3 Å². The average Bonchev–Trinajstić information content (AvgIpc) is 3.02. The molecule has 0 spiro atoms. The van der Waals surface area contributed by atoms with Crippen LogP contribution < -0.4 is 5.43 Å². The highest BCUT2D eigenvalue weighted by molar-refractivity contribution is 7.14. The van der Waals surface area contributed by atoms with E-state index in [2.05, 4.69) is 15.5 Å². The summed E-state index contributed by atoms with van der Waals surface area (Å²) in [5, 5.41) is 43.6. The average molecular weight is 358 g/mol. The van der Waals surface area contributed by atoms with E-state index in [0.29, 0.717) is 10.2 Å². The first-order valence-electron chi connectivity index (χ1n) is 6.67. The molecule has 0 aliphatic heterocycles. The van der Waals surface area contributed by atoms with Gasteiger partial charge in [0.1, 0.15) is 18.3 Å². The number of hydrazone groups is 1. The molecule has 2 aromatic rings. The first kappa shape index (κ1) is 17.8. The highest BCUT2D eigenvalue weighted by Crippen LogP contribution is 2.25. The summed E-state index contributed by atoms with van der Waals surface area (Å²) in [6.07, 6.45) is -3.35. The van der Waals surface area contributed by atoms with E-state index in [4.69, 9.17) is 16.7 Å². The lowest BCUT2D eigenvalue weighted by Gasteiger charge is -2.17. The van der Waals surface area contributed by atoms with E-state index in [1.54, 1.807) is 12.1 Å². The van der Waals surface area contributed by atoms with Gasteiger partial charge in [-0.25, -0.2) is 4.98 Å². The lowest BCUT2D eigenvalue weighted by atomic mass is 10.1. The van der Waals surface area contributed by atoms with Crippen LogP contribution in [-0.2, 0) is 0 Å². The van der Waals surface area contributed by atoms with Gasteiger partial charge in [-0.1, -0.05) is 23.7 Å². The summed E-state index contributed by atoms with van der Waals surface area (Å²) in [6, 6.07) is 7.24. The number of thiazole rings is 1. The van der Waals surface area contributed by atoms with Gasteiger partial charge in [0.15, 0.2) is 0 Å². The van der Waals surface area contributed by atoms with Crippen LogP contribution in [0.15, 0.2) is 34.7 Å². The van der Waals surface area contributed by atoms with E-state index in [1.807, 2.05) is 17.5 Å². The van der Waals surface area contributed by atoms with E-state index in [-0.39, 0.29) is 0 Å². The van der Waals surface area contributed by atoms with Crippen LogP contribution in [0, 0.1) is 0 Å². The number of anilines is 1. The van der Waals surface area contributed by atoms with Gasteiger partial charge in [0.05, 0.1) is 18.5 Å². The van der Waals surface area contributed by atoms with Crippen molar-refractivity contribution in [1.29, 1.82) is 0 Å². The summed E-state index contributed by atoms with van der Waals surface area (Å²) in [6.45, 7) is -0.656. The van der Waals surface area contributed by atoms with Crippen LogP contribution in [0.4, 0.5) is 5.13 Å². The first-order valence-corrected chi connectivity index (χ1v) is 7.92. The summed E-state index contributed by atoms with van der Waals surface area (Å²) >= 11 is 7.15. The van der Waals surface area contributed by atoms with Crippen molar-refractivity contribution >= 4 is 34.3 Å². The molecule has 0 fully saturated rings. The van der Waals surface area contributed by atoms with Crippen molar-refractivity contribution in [2.24, 2.45) is 5.10 Å². The van der Waals surface area contributed by atoms with Crippen molar-refractivity contribution in [3.63, 3.8) is 0 Å². The number of nitrogens with zero attached hydrogens (tertiary/aromatic N) is 2. The molecule has 0 unspecified atom stereocenters. The van der Waals surface area contributed by atoms with Crippen LogP contribution in [0.2, 0.25) is 5.02 Å². The number of aromatic nitrogens is 1. The SMILES string of the molecule is OC[C@@H](O)[C@H](O)[C@@H](O)/C=N/Nc1nc(-c2ccc(Cl)cc2)cs1. The zero-order chi connectivity index (χ0) is 16.8. The zero-order valence-electron chi connectivity index (χ0n) is 11.9. The van der Waals surface area contributed by atoms with Crippen LogP contribution in [0.1, 0.15) is 0 Å². The summed E-state index contributed by atoms with van der Waals surface area (Å²) in [5.41, 5.74) is 4.28. The van der Waals surface area contributed by atoms with Crippen LogP contribution in [0.5, 0.6) is 0 Å². The smallest absolute Gasteiger partial charge is 0.203 e. The van der Waals surface area contributed by atoms with Crippen LogP contribution in [-0.4, -0.2) is 56.5 Å². The molecule has 0 saturated heterocycles. The molecule has 0 radical (unpaired) electrons. The molecule has 0 amide bonds. The number of nitrogens with one attached hydrogen (secondary N) is 1. The quantitative estimate of drug-likeness (QED) is 0.372. The number of halogens is 1. The highest BCUT2D eigenvalue weighted by Gasteiger charge is 2.22. The molecule has 1 aromatic carbocycles. The van der Waals surface area contributed by atoms with Crippen molar-refractivity contribution in [2.75, 3.05) is 12.0 Å². The topological polar surface area (TPSA) is 118 Å². The molecule has 0 bridgehead atoms. The third-order valence-electron chi connectivity index (χ3n) is 2.96. The van der Waals surface area contributed by atoms with E-state index < -0.39 is 24.9 Å². The molecule has 2 rings (SSSR count). The Morgan fingerprint density at radius 3 is 2.61 bits per heavy atom. The standard InChI is InChI=1S/C14H16ClN3O4S/c15-9-3-1-8(2-4-9)10-7-23-14(17-10)18-16-5-11(20)13(22)12(21)6-19/h1-5,7,11-13,19-22H,6H2,(H,17,18)/b16-5+/t11-,12+,13+/m0/s1. The number of benzene rings is 1. The minimum atomic E-state index is -1.52. The maximum atomic E-state index is 9.57. The van der Waals surface area contributed by atoms with Gasteiger partial charge in [-0.2, -0.15) is 5.10 Å². The van der Waals surface area contributed by atoms with Crippen molar-refractivity contribution in [3.8, 4) is 11.3 Å². The Balaban J connectivity index is 1.94. The Kier molecular flexibility index (Phi) is 6.46. The Labute approximate surface area is 141 Å². The molecule has 1 aromatic heterocycles. The normalized spacial score (nSPS) is 15.5. The monoisotopic (exact) mass is 357 g/mol.